The van der Waals surface area contributed by atoms with Gasteiger partial charge in [-0.15, -0.1) is 0 Å². The van der Waals surface area contributed by atoms with Crippen LogP contribution in [-0.4, -0.2) is 19.3 Å². The van der Waals surface area contributed by atoms with Crippen molar-refractivity contribution in [1.29, 1.82) is 0 Å². The summed E-state index contributed by atoms with van der Waals surface area (Å²) in [5.74, 6) is 0.546. The summed E-state index contributed by atoms with van der Waals surface area (Å²) in [5, 5.41) is 7.59. The van der Waals surface area contributed by atoms with Crippen LogP contribution in [0.25, 0.3) is 11.0 Å². The first-order valence-corrected chi connectivity index (χ1v) is 7.21. The molecular formula is C16H19N5O. The second-order valence-electron chi connectivity index (χ2n) is 5.48. The third-order valence-corrected chi connectivity index (χ3v) is 3.88. The van der Waals surface area contributed by atoms with Crippen molar-refractivity contribution < 1.29 is 0 Å². The fourth-order valence-electron chi connectivity index (χ4n) is 2.60. The number of aromatic nitrogens is 4. The summed E-state index contributed by atoms with van der Waals surface area (Å²) in [6.45, 7) is 3.90. The minimum Gasteiger partial charge on any atom is -0.349 e. The molecule has 114 valence electrons. The highest BCUT2D eigenvalue weighted by Gasteiger charge is 2.16. The Morgan fingerprint density at radius 2 is 1.86 bits per heavy atom. The molecule has 0 spiro atoms. The standard InChI is InChI=1S/C16H19N5O/c1-10(12-8-6-5-7-9-12)17-16-18-13-11(2)19-21(4)14(13)15(22)20(16)3/h5-10H,1-4H3,(H,17,18)/t10-/m0/s1. The molecule has 6 heteroatoms. The van der Waals surface area contributed by atoms with Crippen molar-refractivity contribution in [2.45, 2.75) is 19.9 Å². The van der Waals surface area contributed by atoms with Gasteiger partial charge in [0.2, 0.25) is 5.95 Å². The minimum atomic E-state index is -0.101. The number of aryl methyl sites for hydroxylation is 2. The molecule has 2 heterocycles. The highest BCUT2D eigenvalue weighted by Crippen LogP contribution is 2.19. The zero-order valence-electron chi connectivity index (χ0n) is 13.2. The Morgan fingerprint density at radius 3 is 2.55 bits per heavy atom. The van der Waals surface area contributed by atoms with Crippen LogP contribution in [0.15, 0.2) is 35.1 Å². The van der Waals surface area contributed by atoms with Crippen molar-refractivity contribution in [2.24, 2.45) is 14.1 Å². The van der Waals surface area contributed by atoms with E-state index in [-0.39, 0.29) is 11.6 Å². The SMILES string of the molecule is Cc1nn(C)c2c(=O)n(C)c(N[C@@H](C)c3ccccc3)nc12. The lowest BCUT2D eigenvalue weighted by atomic mass is 10.1. The molecule has 0 aliphatic carbocycles. The number of rotatable bonds is 3. The lowest BCUT2D eigenvalue weighted by molar-refractivity contribution is 0.758. The summed E-state index contributed by atoms with van der Waals surface area (Å²) in [4.78, 5) is 17.1. The average Bonchev–Trinajstić information content (AvgIpc) is 2.79. The first-order valence-electron chi connectivity index (χ1n) is 7.21. The second kappa shape index (κ2) is 5.29. The Kier molecular flexibility index (Phi) is 3.44. The number of nitrogens with one attached hydrogen (secondary N) is 1. The van der Waals surface area contributed by atoms with Gasteiger partial charge in [0.15, 0.2) is 5.52 Å². The van der Waals surface area contributed by atoms with Crippen LogP contribution in [0.1, 0.15) is 24.2 Å². The van der Waals surface area contributed by atoms with Crippen LogP contribution in [0.3, 0.4) is 0 Å². The van der Waals surface area contributed by atoms with Crippen molar-refractivity contribution in [3.05, 3.63) is 51.9 Å². The van der Waals surface area contributed by atoms with Crippen LogP contribution in [-0.2, 0) is 14.1 Å². The van der Waals surface area contributed by atoms with Crippen molar-refractivity contribution in [3.8, 4) is 0 Å². The van der Waals surface area contributed by atoms with E-state index in [4.69, 9.17) is 0 Å². The van der Waals surface area contributed by atoms with E-state index in [0.717, 1.165) is 11.3 Å². The molecule has 0 aliphatic rings. The van der Waals surface area contributed by atoms with E-state index < -0.39 is 0 Å². The summed E-state index contributed by atoms with van der Waals surface area (Å²) >= 11 is 0. The quantitative estimate of drug-likeness (QED) is 0.804. The van der Waals surface area contributed by atoms with E-state index in [9.17, 15) is 4.79 Å². The summed E-state index contributed by atoms with van der Waals surface area (Å²) in [6.07, 6.45) is 0. The number of benzene rings is 1. The monoisotopic (exact) mass is 297 g/mol. The van der Waals surface area contributed by atoms with Crippen LogP contribution in [0.2, 0.25) is 0 Å². The zero-order chi connectivity index (χ0) is 15.9. The maximum atomic E-state index is 12.5. The van der Waals surface area contributed by atoms with E-state index in [2.05, 4.69) is 15.4 Å². The van der Waals surface area contributed by atoms with Crippen molar-refractivity contribution >= 4 is 17.0 Å². The van der Waals surface area contributed by atoms with Gasteiger partial charge in [-0.1, -0.05) is 30.3 Å². The van der Waals surface area contributed by atoms with Crippen LogP contribution in [0.5, 0.6) is 0 Å². The third-order valence-electron chi connectivity index (χ3n) is 3.88. The smallest absolute Gasteiger partial charge is 0.280 e. The summed E-state index contributed by atoms with van der Waals surface area (Å²) in [5.41, 5.74) is 2.97. The first-order chi connectivity index (χ1) is 10.5. The van der Waals surface area contributed by atoms with Gasteiger partial charge in [-0.05, 0) is 19.4 Å². The molecule has 1 atom stereocenters. The van der Waals surface area contributed by atoms with Gasteiger partial charge in [0.1, 0.15) is 5.52 Å². The van der Waals surface area contributed by atoms with Crippen LogP contribution in [0, 0.1) is 6.92 Å². The van der Waals surface area contributed by atoms with Gasteiger partial charge < -0.3 is 5.32 Å². The predicted molar refractivity (Wildman–Crippen MR) is 87.0 cm³/mol. The number of hydrogen-bond donors (Lipinski definition) is 1. The lowest BCUT2D eigenvalue weighted by Gasteiger charge is -2.17. The molecule has 2 aromatic heterocycles. The minimum absolute atomic E-state index is 0.0497. The molecule has 0 radical (unpaired) electrons. The topological polar surface area (TPSA) is 64.7 Å². The maximum absolute atomic E-state index is 12.5. The molecular weight excluding hydrogens is 278 g/mol. The molecule has 1 N–H and O–H groups in total. The van der Waals surface area contributed by atoms with Gasteiger partial charge in [-0.25, -0.2) is 4.98 Å². The van der Waals surface area contributed by atoms with Gasteiger partial charge in [0.05, 0.1) is 11.7 Å². The molecule has 1 aromatic carbocycles. The van der Waals surface area contributed by atoms with Gasteiger partial charge in [-0.2, -0.15) is 5.10 Å². The molecule has 0 saturated carbocycles. The van der Waals surface area contributed by atoms with Gasteiger partial charge in [-0.3, -0.25) is 14.0 Å². The van der Waals surface area contributed by atoms with Gasteiger partial charge in [0.25, 0.3) is 5.56 Å². The van der Waals surface area contributed by atoms with E-state index >= 15 is 0 Å². The number of anilines is 1. The van der Waals surface area contributed by atoms with Gasteiger partial charge in [0, 0.05) is 14.1 Å². The fourth-order valence-corrected chi connectivity index (χ4v) is 2.60. The number of hydrogen-bond acceptors (Lipinski definition) is 4. The van der Waals surface area contributed by atoms with Crippen LogP contribution >= 0.6 is 0 Å². The second-order valence-corrected chi connectivity index (χ2v) is 5.48. The maximum Gasteiger partial charge on any atom is 0.280 e. The number of fused-ring (bicyclic) bond motifs is 1. The van der Waals surface area contributed by atoms with E-state index in [1.807, 2.05) is 44.2 Å². The molecule has 3 aromatic rings. The lowest BCUT2D eigenvalue weighted by Crippen LogP contribution is -2.24. The van der Waals surface area contributed by atoms with Crippen LogP contribution in [0.4, 0.5) is 5.95 Å². The molecule has 0 fully saturated rings. The molecule has 3 rings (SSSR count). The molecule has 0 amide bonds. The summed E-state index contributed by atoms with van der Waals surface area (Å²) in [7, 11) is 3.48. The Hall–Kier alpha value is -2.63. The molecule has 0 aliphatic heterocycles. The Bertz CT molecular complexity index is 879. The largest absolute Gasteiger partial charge is 0.349 e. The van der Waals surface area contributed by atoms with E-state index in [0.29, 0.717) is 17.0 Å². The molecule has 0 unspecified atom stereocenters. The summed E-state index contributed by atoms with van der Waals surface area (Å²) in [6, 6.07) is 10.1. The Balaban J connectivity index is 2.06. The van der Waals surface area contributed by atoms with Gasteiger partial charge >= 0.3 is 0 Å². The van der Waals surface area contributed by atoms with E-state index in [1.54, 1.807) is 18.8 Å². The molecule has 0 bridgehead atoms. The molecule has 22 heavy (non-hydrogen) atoms. The average molecular weight is 297 g/mol. The van der Waals surface area contributed by atoms with Crippen molar-refractivity contribution in [1.82, 2.24) is 19.3 Å². The number of nitrogens with zero attached hydrogens (tertiary/aromatic N) is 4. The predicted octanol–water partition coefficient (Wildman–Crippen LogP) is 2.15. The first kappa shape index (κ1) is 14.3. The van der Waals surface area contributed by atoms with Crippen molar-refractivity contribution in [3.63, 3.8) is 0 Å². The Labute approximate surface area is 128 Å². The zero-order valence-corrected chi connectivity index (χ0v) is 13.2. The highest BCUT2D eigenvalue weighted by atomic mass is 16.1. The highest BCUT2D eigenvalue weighted by molar-refractivity contribution is 5.77. The van der Waals surface area contributed by atoms with Crippen LogP contribution < -0.4 is 10.9 Å². The third kappa shape index (κ3) is 2.26. The fraction of sp³-hybridized carbons (Fsp3) is 0.312. The molecule has 6 nitrogen and oxygen atoms in total. The van der Waals surface area contributed by atoms with Crippen molar-refractivity contribution in [2.75, 3.05) is 5.32 Å². The normalized spacial score (nSPS) is 12.5. The molecule has 0 saturated heterocycles. The van der Waals surface area contributed by atoms with E-state index in [1.165, 1.54) is 4.57 Å². The summed E-state index contributed by atoms with van der Waals surface area (Å²) < 4.78 is 3.12. The Morgan fingerprint density at radius 1 is 1.18 bits per heavy atom.